The highest BCUT2D eigenvalue weighted by molar-refractivity contribution is 5.87. The lowest BCUT2D eigenvalue weighted by Gasteiger charge is -2.17. The summed E-state index contributed by atoms with van der Waals surface area (Å²) in [5, 5.41) is 8.73. The van der Waals surface area contributed by atoms with Gasteiger partial charge in [0, 0.05) is 12.1 Å². The van der Waals surface area contributed by atoms with Gasteiger partial charge >= 0.3 is 11.9 Å². The van der Waals surface area contributed by atoms with Crippen LogP contribution in [0.4, 0.5) is 0 Å². The molecule has 0 saturated carbocycles. The van der Waals surface area contributed by atoms with Crippen LogP contribution in [0.5, 0.6) is 11.5 Å². The molecule has 2 aromatic rings. The van der Waals surface area contributed by atoms with Crippen molar-refractivity contribution in [1.29, 1.82) is 0 Å². The third-order valence-corrected chi connectivity index (χ3v) is 2.24. The number of rotatable bonds is 1. The molecule has 0 amide bonds. The van der Waals surface area contributed by atoms with E-state index in [1.165, 1.54) is 0 Å². The lowest BCUT2D eigenvalue weighted by Crippen LogP contribution is -2.15. The van der Waals surface area contributed by atoms with Crippen LogP contribution in [-0.4, -0.2) is 29.3 Å². The number of aromatic nitrogens is 1. The second kappa shape index (κ2) is 3.13. The fourth-order valence-electron chi connectivity index (χ4n) is 1.56. The Bertz CT molecular complexity index is 531. The Morgan fingerprint density at radius 1 is 1.25 bits per heavy atom. The monoisotopic (exact) mass is 221 g/mol. The van der Waals surface area contributed by atoms with Crippen LogP contribution in [-0.2, 0) is 0 Å². The molecule has 0 fully saturated rings. The lowest BCUT2D eigenvalue weighted by atomic mass is 10.2. The highest BCUT2D eigenvalue weighted by Gasteiger charge is 2.18. The number of carboxylic acid groups (broad SMARTS) is 1. The Balaban J connectivity index is 2.20. The molecule has 0 bridgehead atoms. The van der Waals surface area contributed by atoms with Crippen LogP contribution in [0, 0.1) is 0 Å². The van der Waals surface area contributed by atoms with Crippen molar-refractivity contribution in [3.8, 4) is 11.5 Å². The van der Waals surface area contributed by atoms with Crippen molar-refractivity contribution >= 4 is 17.1 Å². The highest BCUT2D eigenvalue weighted by atomic mass is 16.6. The van der Waals surface area contributed by atoms with Gasteiger partial charge in [-0.3, -0.25) is 0 Å². The number of benzene rings is 1. The molecule has 0 spiro atoms. The van der Waals surface area contributed by atoms with Gasteiger partial charge in [0.05, 0.1) is 0 Å². The minimum absolute atomic E-state index is 0.336. The SMILES string of the molecule is O=C(O)c1nc2cc3c(cc2o1)OCCO3. The average Bonchev–Trinajstić information content (AvgIpc) is 2.68. The maximum atomic E-state index is 10.7. The predicted molar refractivity (Wildman–Crippen MR) is 52.0 cm³/mol. The summed E-state index contributed by atoms with van der Waals surface area (Å²) in [6.45, 7) is 0.945. The van der Waals surface area contributed by atoms with Gasteiger partial charge in [0.15, 0.2) is 17.1 Å². The van der Waals surface area contributed by atoms with Gasteiger partial charge in [0.25, 0.3) is 0 Å². The van der Waals surface area contributed by atoms with E-state index in [1.807, 2.05) is 0 Å². The molecule has 1 aliphatic heterocycles. The molecule has 1 aromatic carbocycles. The van der Waals surface area contributed by atoms with Crippen LogP contribution in [0.1, 0.15) is 10.7 Å². The van der Waals surface area contributed by atoms with Gasteiger partial charge in [-0.05, 0) is 0 Å². The first-order valence-corrected chi connectivity index (χ1v) is 4.67. The molecule has 2 heterocycles. The van der Waals surface area contributed by atoms with E-state index in [0.717, 1.165) is 0 Å². The van der Waals surface area contributed by atoms with Crippen LogP contribution in [0.2, 0.25) is 0 Å². The third-order valence-electron chi connectivity index (χ3n) is 2.24. The van der Waals surface area contributed by atoms with Gasteiger partial charge in [-0.25, -0.2) is 9.78 Å². The number of ether oxygens (including phenoxy) is 2. The molecule has 3 rings (SSSR count). The fraction of sp³-hybridized carbons (Fsp3) is 0.200. The summed E-state index contributed by atoms with van der Waals surface area (Å²) in [6.07, 6.45) is 0. The summed E-state index contributed by atoms with van der Waals surface area (Å²) in [4.78, 5) is 14.5. The van der Waals surface area contributed by atoms with E-state index in [2.05, 4.69) is 4.98 Å². The van der Waals surface area contributed by atoms with Crippen LogP contribution in [0.3, 0.4) is 0 Å². The van der Waals surface area contributed by atoms with E-state index < -0.39 is 5.97 Å². The second-order valence-corrected chi connectivity index (χ2v) is 3.29. The maximum Gasteiger partial charge on any atom is 0.392 e. The van der Waals surface area contributed by atoms with E-state index in [-0.39, 0.29) is 5.89 Å². The van der Waals surface area contributed by atoms with E-state index in [1.54, 1.807) is 12.1 Å². The van der Waals surface area contributed by atoms with E-state index in [9.17, 15) is 4.79 Å². The molecule has 0 aliphatic carbocycles. The summed E-state index contributed by atoms with van der Waals surface area (Å²) >= 11 is 0. The first-order valence-electron chi connectivity index (χ1n) is 4.67. The van der Waals surface area contributed by atoms with Crippen molar-refractivity contribution in [3.63, 3.8) is 0 Å². The number of carboxylic acids is 1. The molecule has 82 valence electrons. The van der Waals surface area contributed by atoms with Crippen LogP contribution >= 0.6 is 0 Å². The van der Waals surface area contributed by atoms with Crippen molar-refractivity contribution in [2.45, 2.75) is 0 Å². The van der Waals surface area contributed by atoms with Crippen molar-refractivity contribution in [2.75, 3.05) is 13.2 Å². The van der Waals surface area contributed by atoms with Gasteiger partial charge < -0.3 is 19.0 Å². The molecule has 6 heteroatoms. The summed E-state index contributed by atoms with van der Waals surface area (Å²) in [5.41, 5.74) is 0.823. The average molecular weight is 221 g/mol. The molecule has 0 unspecified atom stereocenters. The van der Waals surface area contributed by atoms with Crippen LogP contribution < -0.4 is 9.47 Å². The van der Waals surface area contributed by atoms with E-state index in [0.29, 0.717) is 35.8 Å². The number of nitrogens with zero attached hydrogens (tertiary/aromatic N) is 1. The lowest BCUT2D eigenvalue weighted by molar-refractivity contribution is 0.0656. The Hall–Kier alpha value is -2.24. The maximum absolute atomic E-state index is 10.7. The van der Waals surface area contributed by atoms with Gasteiger partial charge in [-0.15, -0.1) is 0 Å². The molecule has 1 N–H and O–H groups in total. The molecule has 0 saturated heterocycles. The summed E-state index contributed by atoms with van der Waals surface area (Å²) in [6, 6.07) is 3.20. The summed E-state index contributed by atoms with van der Waals surface area (Å²) < 4.78 is 15.7. The van der Waals surface area contributed by atoms with Crippen molar-refractivity contribution in [2.24, 2.45) is 0 Å². The van der Waals surface area contributed by atoms with Gasteiger partial charge in [-0.2, -0.15) is 0 Å². The first kappa shape index (κ1) is 9.02. The predicted octanol–water partition coefficient (Wildman–Crippen LogP) is 1.30. The zero-order valence-electron chi connectivity index (χ0n) is 8.10. The number of oxazole rings is 1. The van der Waals surface area contributed by atoms with Crippen LogP contribution in [0.25, 0.3) is 11.1 Å². The fourth-order valence-corrected chi connectivity index (χ4v) is 1.56. The number of carbonyl (C=O) groups is 1. The highest BCUT2D eigenvalue weighted by Crippen LogP contribution is 2.34. The topological polar surface area (TPSA) is 81.8 Å². The normalized spacial score (nSPS) is 14.0. The molecular weight excluding hydrogens is 214 g/mol. The standard InChI is InChI=1S/C10H7NO5/c12-10(13)9-11-5-3-7-8(4-6(5)16-9)15-2-1-14-7/h3-4H,1-2H2,(H,12,13). The number of hydrogen-bond acceptors (Lipinski definition) is 5. The number of hydrogen-bond donors (Lipinski definition) is 1. The Labute approximate surface area is 89.4 Å². The van der Waals surface area contributed by atoms with E-state index >= 15 is 0 Å². The minimum Gasteiger partial charge on any atom is -0.486 e. The van der Waals surface area contributed by atoms with Crippen molar-refractivity contribution < 1.29 is 23.8 Å². The molecule has 0 radical (unpaired) electrons. The van der Waals surface area contributed by atoms with E-state index in [4.69, 9.17) is 19.0 Å². The van der Waals surface area contributed by atoms with Gasteiger partial charge in [0.1, 0.15) is 18.7 Å². The Morgan fingerprint density at radius 2 is 1.94 bits per heavy atom. The Kier molecular flexibility index (Phi) is 1.76. The van der Waals surface area contributed by atoms with Crippen molar-refractivity contribution in [1.82, 2.24) is 4.98 Å². The van der Waals surface area contributed by atoms with Crippen LogP contribution in [0.15, 0.2) is 16.5 Å². The molecule has 6 nitrogen and oxygen atoms in total. The zero-order chi connectivity index (χ0) is 11.1. The molecular formula is C10H7NO5. The first-order chi connectivity index (χ1) is 7.74. The molecule has 1 aromatic heterocycles. The molecule has 0 atom stereocenters. The zero-order valence-corrected chi connectivity index (χ0v) is 8.10. The van der Waals surface area contributed by atoms with Crippen molar-refractivity contribution in [3.05, 3.63) is 18.0 Å². The smallest absolute Gasteiger partial charge is 0.392 e. The van der Waals surface area contributed by atoms with Gasteiger partial charge in [0.2, 0.25) is 0 Å². The number of aromatic carboxylic acids is 1. The third kappa shape index (κ3) is 1.27. The molecule has 16 heavy (non-hydrogen) atoms. The van der Waals surface area contributed by atoms with Gasteiger partial charge in [-0.1, -0.05) is 0 Å². The second-order valence-electron chi connectivity index (χ2n) is 3.29. The minimum atomic E-state index is -1.20. The summed E-state index contributed by atoms with van der Waals surface area (Å²) in [5.74, 6) is -0.427. The largest absolute Gasteiger partial charge is 0.486 e. The quantitative estimate of drug-likeness (QED) is 0.781. The summed E-state index contributed by atoms with van der Waals surface area (Å²) in [7, 11) is 0. The Morgan fingerprint density at radius 3 is 2.62 bits per heavy atom. The number of fused-ring (bicyclic) bond motifs is 2. The molecule has 1 aliphatic rings.